The fourth-order valence-corrected chi connectivity index (χ4v) is 3.20. The lowest BCUT2D eigenvalue weighted by molar-refractivity contribution is -0.148. The van der Waals surface area contributed by atoms with Gasteiger partial charge in [-0.1, -0.05) is 30.3 Å². The summed E-state index contributed by atoms with van der Waals surface area (Å²) in [5.41, 5.74) is 1.20. The third kappa shape index (κ3) is 2.93. The number of β-amino-alcohol motifs (C(OH)–C–C–N with tert-alkyl or cyclic N) is 1. The van der Waals surface area contributed by atoms with E-state index in [0.717, 1.165) is 12.8 Å². The lowest BCUT2D eigenvalue weighted by atomic mass is 10.1. The van der Waals surface area contributed by atoms with E-state index in [1.165, 1.54) is 10.5 Å². The molecule has 112 valence electrons. The highest BCUT2D eigenvalue weighted by Gasteiger charge is 2.49. The minimum absolute atomic E-state index is 0.0858. The van der Waals surface area contributed by atoms with Gasteiger partial charge in [-0.25, -0.2) is 4.79 Å². The first-order valence-electron chi connectivity index (χ1n) is 7.31. The Labute approximate surface area is 123 Å². The molecule has 1 aliphatic carbocycles. The summed E-state index contributed by atoms with van der Waals surface area (Å²) in [7, 11) is 0. The van der Waals surface area contributed by atoms with Gasteiger partial charge in [-0.3, -0.25) is 4.79 Å². The van der Waals surface area contributed by atoms with E-state index in [0.29, 0.717) is 5.92 Å². The molecule has 3 rings (SSSR count). The fraction of sp³-hybridized carbons (Fsp3) is 0.500. The summed E-state index contributed by atoms with van der Waals surface area (Å²) in [4.78, 5) is 24.9. The molecule has 0 spiro atoms. The van der Waals surface area contributed by atoms with Crippen LogP contribution in [0.3, 0.4) is 0 Å². The number of likely N-dealkylation sites (tertiary alicyclic amines) is 1. The predicted octanol–water partition coefficient (Wildman–Crippen LogP) is 0.912. The molecule has 21 heavy (non-hydrogen) atoms. The third-order valence-electron chi connectivity index (χ3n) is 4.43. The van der Waals surface area contributed by atoms with Crippen LogP contribution < -0.4 is 0 Å². The molecule has 0 radical (unpaired) electrons. The topological polar surface area (TPSA) is 77.8 Å². The van der Waals surface area contributed by atoms with E-state index in [2.05, 4.69) is 0 Å². The number of aliphatic carboxylic acids is 1. The van der Waals surface area contributed by atoms with Gasteiger partial charge in [-0.15, -0.1) is 0 Å². The van der Waals surface area contributed by atoms with Crippen molar-refractivity contribution in [2.24, 2.45) is 11.8 Å². The summed E-state index contributed by atoms with van der Waals surface area (Å²) in [6.07, 6.45) is 1.08. The molecule has 1 saturated carbocycles. The number of aliphatic hydroxyl groups excluding tert-OH is 1. The van der Waals surface area contributed by atoms with E-state index in [9.17, 15) is 14.7 Å². The maximum Gasteiger partial charge on any atom is 0.326 e. The number of benzene rings is 1. The summed E-state index contributed by atoms with van der Waals surface area (Å²) < 4.78 is 0. The van der Waals surface area contributed by atoms with Gasteiger partial charge in [0.1, 0.15) is 6.04 Å². The fourth-order valence-electron chi connectivity index (χ4n) is 3.20. The van der Waals surface area contributed by atoms with Crippen LogP contribution in [0.15, 0.2) is 30.3 Å². The molecule has 5 heteroatoms. The van der Waals surface area contributed by atoms with Gasteiger partial charge in [-0.05, 0) is 24.3 Å². The second-order valence-electron chi connectivity index (χ2n) is 6.03. The largest absolute Gasteiger partial charge is 0.480 e. The molecule has 2 fully saturated rings. The molecule has 2 aliphatic rings. The molecule has 1 aromatic carbocycles. The van der Waals surface area contributed by atoms with E-state index < -0.39 is 18.1 Å². The number of carbonyl (C=O) groups is 2. The van der Waals surface area contributed by atoms with Crippen LogP contribution in [0.1, 0.15) is 18.4 Å². The summed E-state index contributed by atoms with van der Waals surface area (Å²) in [5, 5.41) is 18.8. The Morgan fingerprint density at radius 3 is 2.57 bits per heavy atom. The Bertz CT molecular complexity index is 544. The van der Waals surface area contributed by atoms with E-state index in [-0.39, 0.29) is 24.8 Å². The third-order valence-corrected chi connectivity index (χ3v) is 4.43. The van der Waals surface area contributed by atoms with Crippen molar-refractivity contribution in [1.82, 2.24) is 4.90 Å². The van der Waals surface area contributed by atoms with Crippen molar-refractivity contribution in [2.45, 2.75) is 31.4 Å². The van der Waals surface area contributed by atoms with Crippen molar-refractivity contribution in [2.75, 3.05) is 6.54 Å². The first-order chi connectivity index (χ1) is 10.1. The van der Waals surface area contributed by atoms with Crippen molar-refractivity contribution in [1.29, 1.82) is 0 Å². The van der Waals surface area contributed by atoms with Crippen molar-refractivity contribution in [3.05, 3.63) is 35.9 Å². The number of amides is 1. The number of nitrogens with zero attached hydrogens (tertiary/aromatic N) is 1. The quantitative estimate of drug-likeness (QED) is 0.863. The Morgan fingerprint density at radius 2 is 1.90 bits per heavy atom. The van der Waals surface area contributed by atoms with Crippen molar-refractivity contribution in [3.8, 4) is 0 Å². The lowest BCUT2D eigenvalue weighted by Crippen LogP contribution is -2.41. The maximum atomic E-state index is 12.4. The Balaban J connectivity index is 1.61. The highest BCUT2D eigenvalue weighted by Crippen LogP contribution is 2.43. The zero-order valence-corrected chi connectivity index (χ0v) is 11.7. The van der Waals surface area contributed by atoms with Crippen LogP contribution in [0.5, 0.6) is 0 Å². The molecule has 5 nitrogen and oxygen atoms in total. The summed E-state index contributed by atoms with van der Waals surface area (Å²) in [5.74, 6) is -0.926. The van der Waals surface area contributed by atoms with Crippen LogP contribution in [0.25, 0.3) is 0 Å². The maximum absolute atomic E-state index is 12.4. The number of aliphatic hydroxyl groups is 1. The molecule has 1 amide bonds. The second kappa shape index (κ2) is 5.48. The van der Waals surface area contributed by atoms with Crippen LogP contribution >= 0.6 is 0 Å². The van der Waals surface area contributed by atoms with E-state index >= 15 is 0 Å². The first-order valence-corrected chi connectivity index (χ1v) is 7.31. The number of hydrogen-bond acceptors (Lipinski definition) is 3. The molecular formula is C16H19NO4. The van der Waals surface area contributed by atoms with Gasteiger partial charge in [0.2, 0.25) is 5.91 Å². The van der Waals surface area contributed by atoms with Gasteiger partial charge in [0.25, 0.3) is 0 Å². The molecule has 1 saturated heterocycles. The predicted molar refractivity (Wildman–Crippen MR) is 75.5 cm³/mol. The number of carbonyl (C=O) groups excluding carboxylic acids is 1. The van der Waals surface area contributed by atoms with Crippen LogP contribution in [-0.2, 0) is 16.0 Å². The molecule has 1 aromatic rings. The SMILES string of the molecule is O=C(O)[C@@H]1C[C@@H](O)CN1C(=O)[C@@H]1C[C@@H]1Cc1ccccc1. The smallest absolute Gasteiger partial charge is 0.326 e. The number of carboxylic acid groups (broad SMARTS) is 1. The Kier molecular flexibility index (Phi) is 3.68. The molecule has 0 aromatic heterocycles. The molecule has 2 N–H and O–H groups in total. The molecule has 0 bridgehead atoms. The van der Waals surface area contributed by atoms with Crippen molar-refractivity contribution >= 4 is 11.9 Å². The Hall–Kier alpha value is -1.88. The average molecular weight is 289 g/mol. The van der Waals surface area contributed by atoms with E-state index in [1.807, 2.05) is 30.3 Å². The normalized spacial score (nSPS) is 31.2. The summed E-state index contributed by atoms with van der Waals surface area (Å²) in [6, 6.07) is 9.13. The van der Waals surface area contributed by atoms with Crippen LogP contribution in [-0.4, -0.2) is 45.7 Å². The Morgan fingerprint density at radius 1 is 1.19 bits per heavy atom. The lowest BCUT2D eigenvalue weighted by Gasteiger charge is -2.21. The van der Waals surface area contributed by atoms with Gasteiger partial charge in [0, 0.05) is 18.9 Å². The summed E-state index contributed by atoms with van der Waals surface area (Å²) in [6.45, 7) is 0.143. The minimum Gasteiger partial charge on any atom is -0.480 e. The highest BCUT2D eigenvalue weighted by atomic mass is 16.4. The average Bonchev–Trinajstić information content (AvgIpc) is 3.10. The molecular weight excluding hydrogens is 270 g/mol. The highest BCUT2D eigenvalue weighted by molar-refractivity contribution is 5.87. The standard InChI is InChI=1S/C16H19NO4/c18-12-8-14(16(20)21)17(9-12)15(19)13-7-11(13)6-10-4-2-1-3-5-10/h1-5,11-14,18H,6-9H2,(H,20,21)/t11-,12+,13+,14-/m0/s1. The molecule has 1 aliphatic heterocycles. The molecule has 4 atom stereocenters. The van der Waals surface area contributed by atoms with Crippen LogP contribution in [0.4, 0.5) is 0 Å². The van der Waals surface area contributed by atoms with Crippen LogP contribution in [0.2, 0.25) is 0 Å². The molecule has 0 unspecified atom stereocenters. The number of rotatable bonds is 4. The molecule has 1 heterocycles. The van der Waals surface area contributed by atoms with Crippen LogP contribution in [0, 0.1) is 11.8 Å². The van der Waals surface area contributed by atoms with Crippen molar-refractivity contribution < 1.29 is 19.8 Å². The van der Waals surface area contributed by atoms with Gasteiger partial charge in [0.05, 0.1) is 6.10 Å². The van der Waals surface area contributed by atoms with Gasteiger partial charge < -0.3 is 15.1 Å². The van der Waals surface area contributed by atoms with Gasteiger partial charge in [-0.2, -0.15) is 0 Å². The number of carboxylic acids is 1. The van der Waals surface area contributed by atoms with Gasteiger partial charge in [0.15, 0.2) is 0 Å². The zero-order valence-electron chi connectivity index (χ0n) is 11.7. The van der Waals surface area contributed by atoms with E-state index in [4.69, 9.17) is 5.11 Å². The van der Waals surface area contributed by atoms with Crippen molar-refractivity contribution in [3.63, 3.8) is 0 Å². The minimum atomic E-state index is -1.03. The van der Waals surface area contributed by atoms with Gasteiger partial charge >= 0.3 is 5.97 Å². The summed E-state index contributed by atoms with van der Waals surface area (Å²) >= 11 is 0. The zero-order chi connectivity index (χ0) is 15.0. The number of hydrogen-bond donors (Lipinski definition) is 2. The monoisotopic (exact) mass is 289 g/mol. The first kappa shape index (κ1) is 14.1. The van der Waals surface area contributed by atoms with E-state index in [1.54, 1.807) is 0 Å². The second-order valence-corrected chi connectivity index (χ2v) is 6.03.